The van der Waals surface area contributed by atoms with Crippen molar-refractivity contribution < 1.29 is 9.53 Å². The number of benzene rings is 1. The number of nitrogens with two attached hydrogens (primary N) is 1. The molecule has 1 aromatic heterocycles. The van der Waals surface area contributed by atoms with Gasteiger partial charge in [-0.25, -0.2) is 0 Å². The van der Waals surface area contributed by atoms with Gasteiger partial charge in [0.1, 0.15) is 0 Å². The van der Waals surface area contributed by atoms with Crippen LogP contribution in [0.1, 0.15) is 24.9 Å². The SMILES string of the molecule is CCOC(=O)CC(N)c1cccc(-n2cccc2)c1. The normalized spacial score (nSPS) is 12.1. The van der Waals surface area contributed by atoms with Gasteiger partial charge in [-0.05, 0) is 36.8 Å². The summed E-state index contributed by atoms with van der Waals surface area (Å²) in [6.07, 6.45) is 4.13. The number of carbonyl (C=O) groups excluding carboxylic acids is 1. The predicted octanol–water partition coefficient (Wildman–Crippen LogP) is 2.43. The summed E-state index contributed by atoms with van der Waals surface area (Å²) >= 11 is 0. The lowest BCUT2D eigenvalue weighted by atomic mass is 10.0. The van der Waals surface area contributed by atoms with E-state index in [4.69, 9.17) is 10.5 Å². The van der Waals surface area contributed by atoms with Gasteiger partial charge in [0, 0.05) is 24.1 Å². The van der Waals surface area contributed by atoms with Gasteiger partial charge in [-0.2, -0.15) is 0 Å². The number of esters is 1. The Morgan fingerprint density at radius 3 is 2.74 bits per heavy atom. The second-order valence-corrected chi connectivity index (χ2v) is 4.30. The first-order chi connectivity index (χ1) is 9.20. The fourth-order valence-corrected chi connectivity index (χ4v) is 1.94. The summed E-state index contributed by atoms with van der Waals surface area (Å²) in [5.74, 6) is -0.263. The molecule has 0 saturated heterocycles. The minimum absolute atomic E-state index is 0.197. The van der Waals surface area contributed by atoms with Crippen LogP contribution >= 0.6 is 0 Å². The van der Waals surface area contributed by atoms with E-state index in [-0.39, 0.29) is 18.4 Å². The molecule has 0 amide bonds. The Balaban J connectivity index is 2.12. The molecule has 100 valence electrons. The maximum atomic E-state index is 11.4. The Morgan fingerprint density at radius 2 is 2.05 bits per heavy atom. The maximum Gasteiger partial charge on any atom is 0.307 e. The number of hydrogen-bond donors (Lipinski definition) is 1. The third kappa shape index (κ3) is 3.45. The molecule has 1 aromatic carbocycles. The molecule has 0 bridgehead atoms. The summed E-state index contributed by atoms with van der Waals surface area (Å²) in [7, 11) is 0. The van der Waals surface area contributed by atoms with E-state index in [2.05, 4.69) is 0 Å². The fraction of sp³-hybridized carbons (Fsp3) is 0.267. The van der Waals surface area contributed by atoms with E-state index in [0.717, 1.165) is 11.3 Å². The molecular weight excluding hydrogens is 240 g/mol. The number of carbonyl (C=O) groups is 1. The van der Waals surface area contributed by atoms with Gasteiger partial charge in [0.15, 0.2) is 0 Å². The topological polar surface area (TPSA) is 57.2 Å². The molecule has 19 heavy (non-hydrogen) atoms. The minimum Gasteiger partial charge on any atom is -0.466 e. The molecule has 0 radical (unpaired) electrons. The van der Waals surface area contributed by atoms with E-state index in [1.807, 2.05) is 53.4 Å². The first-order valence-electron chi connectivity index (χ1n) is 6.35. The Hall–Kier alpha value is -2.07. The van der Waals surface area contributed by atoms with Crippen LogP contribution in [0.5, 0.6) is 0 Å². The second-order valence-electron chi connectivity index (χ2n) is 4.30. The zero-order valence-electron chi connectivity index (χ0n) is 11.0. The first-order valence-corrected chi connectivity index (χ1v) is 6.35. The van der Waals surface area contributed by atoms with Crippen molar-refractivity contribution in [2.75, 3.05) is 6.61 Å². The number of rotatable bonds is 5. The Morgan fingerprint density at radius 1 is 1.32 bits per heavy atom. The van der Waals surface area contributed by atoms with Crippen LogP contribution in [-0.4, -0.2) is 17.1 Å². The highest BCUT2D eigenvalue weighted by Crippen LogP contribution is 2.18. The molecule has 0 fully saturated rings. The van der Waals surface area contributed by atoms with E-state index < -0.39 is 0 Å². The quantitative estimate of drug-likeness (QED) is 0.838. The van der Waals surface area contributed by atoms with Crippen molar-refractivity contribution in [2.24, 2.45) is 5.73 Å². The Bertz CT molecular complexity index is 535. The molecular formula is C15H18N2O2. The largest absolute Gasteiger partial charge is 0.466 e. The zero-order chi connectivity index (χ0) is 13.7. The molecule has 2 rings (SSSR count). The highest BCUT2D eigenvalue weighted by molar-refractivity contribution is 5.70. The van der Waals surface area contributed by atoms with E-state index >= 15 is 0 Å². The highest BCUT2D eigenvalue weighted by atomic mass is 16.5. The average molecular weight is 258 g/mol. The molecule has 4 heteroatoms. The van der Waals surface area contributed by atoms with Crippen molar-refractivity contribution in [1.29, 1.82) is 0 Å². The summed E-state index contributed by atoms with van der Waals surface area (Å²) in [5.41, 5.74) is 8.00. The van der Waals surface area contributed by atoms with Crippen LogP contribution in [0.15, 0.2) is 48.8 Å². The van der Waals surface area contributed by atoms with Gasteiger partial charge in [-0.15, -0.1) is 0 Å². The van der Waals surface area contributed by atoms with Crippen LogP contribution in [0, 0.1) is 0 Å². The summed E-state index contributed by atoms with van der Waals surface area (Å²) < 4.78 is 6.91. The molecule has 0 aliphatic carbocycles. The molecule has 0 spiro atoms. The number of hydrogen-bond acceptors (Lipinski definition) is 3. The molecule has 2 aromatic rings. The monoisotopic (exact) mass is 258 g/mol. The van der Waals surface area contributed by atoms with Crippen LogP contribution in [-0.2, 0) is 9.53 Å². The zero-order valence-corrected chi connectivity index (χ0v) is 11.0. The van der Waals surface area contributed by atoms with Crippen LogP contribution in [0.2, 0.25) is 0 Å². The first kappa shape index (κ1) is 13.4. The van der Waals surface area contributed by atoms with Crippen molar-refractivity contribution in [1.82, 2.24) is 4.57 Å². The molecule has 0 aliphatic rings. The van der Waals surface area contributed by atoms with Crippen LogP contribution in [0.25, 0.3) is 5.69 Å². The van der Waals surface area contributed by atoms with Gasteiger partial charge < -0.3 is 15.0 Å². The van der Waals surface area contributed by atoms with Gasteiger partial charge in [0.2, 0.25) is 0 Å². The maximum absolute atomic E-state index is 11.4. The van der Waals surface area contributed by atoms with Crippen molar-refractivity contribution in [3.05, 3.63) is 54.4 Å². The van der Waals surface area contributed by atoms with E-state index in [1.165, 1.54) is 0 Å². The van der Waals surface area contributed by atoms with Crippen molar-refractivity contribution in [3.63, 3.8) is 0 Å². The third-order valence-electron chi connectivity index (χ3n) is 2.89. The van der Waals surface area contributed by atoms with Crippen molar-refractivity contribution in [3.8, 4) is 5.69 Å². The molecule has 0 aliphatic heterocycles. The highest BCUT2D eigenvalue weighted by Gasteiger charge is 2.12. The number of nitrogens with zero attached hydrogens (tertiary/aromatic N) is 1. The molecule has 2 N–H and O–H groups in total. The number of ether oxygens (including phenoxy) is 1. The van der Waals surface area contributed by atoms with Crippen molar-refractivity contribution >= 4 is 5.97 Å². The standard InChI is InChI=1S/C15H18N2O2/c1-2-19-15(18)11-14(16)12-6-5-7-13(10-12)17-8-3-4-9-17/h3-10,14H,2,11,16H2,1H3. The summed E-state index contributed by atoms with van der Waals surface area (Å²) in [6, 6.07) is 11.4. The predicted molar refractivity (Wildman–Crippen MR) is 73.9 cm³/mol. The Labute approximate surface area is 112 Å². The second kappa shape index (κ2) is 6.20. The lowest BCUT2D eigenvalue weighted by Gasteiger charge is -2.13. The molecule has 1 heterocycles. The summed E-state index contributed by atoms with van der Waals surface area (Å²) in [5, 5.41) is 0. The third-order valence-corrected chi connectivity index (χ3v) is 2.89. The van der Waals surface area contributed by atoms with Crippen LogP contribution < -0.4 is 5.73 Å². The average Bonchev–Trinajstić information content (AvgIpc) is 2.93. The van der Waals surface area contributed by atoms with Gasteiger partial charge in [0.05, 0.1) is 13.0 Å². The smallest absolute Gasteiger partial charge is 0.307 e. The van der Waals surface area contributed by atoms with E-state index in [0.29, 0.717) is 6.61 Å². The lowest BCUT2D eigenvalue weighted by molar-refractivity contribution is -0.143. The summed E-state index contributed by atoms with van der Waals surface area (Å²) in [4.78, 5) is 11.4. The Kier molecular flexibility index (Phi) is 4.36. The molecule has 4 nitrogen and oxygen atoms in total. The minimum atomic E-state index is -0.338. The lowest BCUT2D eigenvalue weighted by Crippen LogP contribution is -2.17. The van der Waals surface area contributed by atoms with Gasteiger partial charge in [-0.3, -0.25) is 4.79 Å². The molecule has 0 saturated carbocycles. The van der Waals surface area contributed by atoms with E-state index in [1.54, 1.807) is 6.92 Å². The van der Waals surface area contributed by atoms with Crippen molar-refractivity contribution in [2.45, 2.75) is 19.4 Å². The van der Waals surface area contributed by atoms with Crippen LogP contribution in [0.3, 0.4) is 0 Å². The van der Waals surface area contributed by atoms with Gasteiger partial charge in [-0.1, -0.05) is 12.1 Å². The summed E-state index contributed by atoms with van der Waals surface area (Å²) in [6.45, 7) is 2.17. The van der Waals surface area contributed by atoms with Crippen LogP contribution in [0.4, 0.5) is 0 Å². The van der Waals surface area contributed by atoms with Gasteiger partial charge >= 0.3 is 5.97 Å². The number of aromatic nitrogens is 1. The molecule has 1 atom stereocenters. The van der Waals surface area contributed by atoms with Gasteiger partial charge in [0.25, 0.3) is 0 Å². The fourth-order valence-electron chi connectivity index (χ4n) is 1.94. The molecule has 1 unspecified atom stereocenters. The van der Waals surface area contributed by atoms with E-state index in [9.17, 15) is 4.79 Å².